The maximum absolute atomic E-state index is 12.3. The summed E-state index contributed by atoms with van der Waals surface area (Å²) in [7, 11) is 0. The molecular formula is C18H21N3O. The molecule has 1 aliphatic carbocycles. The third kappa shape index (κ3) is 2.71. The van der Waals surface area contributed by atoms with Gasteiger partial charge in [-0.2, -0.15) is 5.26 Å². The molecule has 1 fully saturated rings. The van der Waals surface area contributed by atoms with Crippen LogP contribution >= 0.6 is 0 Å². The number of H-pyrrole nitrogens is 1. The normalized spacial score (nSPS) is 18.0. The Morgan fingerprint density at radius 3 is 2.86 bits per heavy atom. The fourth-order valence-electron chi connectivity index (χ4n) is 3.45. The molecule has 1 saturated carbocycles. The van der Waals surface area contributed by atoms with E-state index in [0.29, 0.717) is 6.42 Å². The van der Waals surface area contributed by atoms with Crippen LogP contribution in [0.2, 0.25) is 0 Å². The summed E-state index contributed by atoms with van der Waals surface area (Å²) in [5.74, 6) is 0.0922. The zero-order valence-corrected chi connectivity index (χ0v) is 12.9. The molecule has 2 N–H and O–H groups in total. The number of carbonyl (C=O) groups excluding carboxylic acids is 1. The van der Waals surface area contributed by atoms with Crippen LogP contribution in [-0.4, -0.2) is 16.4 Å². The van der Waals surface area contributed by atoms with Gasteiger partial charge in [0.25, 0.3) is 0 Å². The largest absolute Gasteiger partial charge is 0.361 e. The van der Waals surface area contributed by atoms with Crippen molar-refractivity contribution in [2.75, 3.05) is 0 Å². The van der Waals surface area contributed by atoms with Crippen LogP contribution in [0, 0.1) is 11.3 Å². The number of carbonyl (C=O) groups is 1. The van der Waals surface area contributed by atoms with Gasteiger partial charge >= 0.3 is 0 Å². The highest BCUT2D eigenvalue weighted by Crippen LogP contribution is 2.31. The number of rotatable bonds is 4. The van der Waals surface area contributed by atoms with Gasteiger partial charge in [0.15, 0.2) is 0 Å². The predicted octanol–water partition coefficient (Wildman–Crippen LogP) is 3.61. The van der Waals surface area contributed by atoms with Crippen LogP contribution in [0.25, 0.3) is 10.9 Å². The van der Waals surface area contributed by atoms with E-state index in [0.717, 1.165) is 36.8 Å². The number of nitrogens with zero attached hydrogens (tertiary/aromatic N) is 1. The summed E-state index contributed by atoms with van der Waals surface area (Å²) in [5, 5.41) is 13.5. The van der Waals surface area contributed by atoms with E-state index in [4.69, 9.17) is 0 Å². The van der Waals surface area contributed by atoms with Crippen molar-refractivity contribution in [3.05, 3.63) is 36.0 Å². The number of para-hydroxylation sites is 1. The molecule has 1 aliphatic rings. The average Bonchev–Trinajstić information content (AvgIpc) is 3.14. The van der Waals surface area contributed by atoms with Gasteiger partial charge in [-0.3, -0.25) is 4.79 Å². The second kappa shape index (κ2) is 5.84. The lowest BCUT2D eigenvalue weighted by Gasteiger charge is -2.23. The van der Waals surface area contributed by atoms with E-state index < -0.39 is 5.54 Å². The maximum atomic E-state index is 12.3. The molecular weight excluding hydrogens is 274 g/mol. The lowest BCUT2D eigenvalue weighted by atomic mass is 9.95. The first-order chi connectivity index (χ1) is 10.6. The van der Waals surface area contributed by atoms with E-state index in [-0.39, 0.29) is 11.8 Å². The molecule has 22 heavy (non-hydrogen) atoms. The van der Waals surface area contributed by atoms with Crippen molar-refractivity contribution in [3.63, 3.8) is 0 Å². The molecule has 0 spiro atoms. The van der Waals surface area contributed by atoms with E-state index in [1.165, 1.54) is 5.39 Å². The minimum absolute atomic E-state index is 0.0266. The van der Waals surface area contributed by atoms with Crippen LogP contribution in [0.15, 0.2) is 30.5 Å². The fraction of sp³-hybridized carbons (Fsp3) is 0.444. The third-order valence-electron chi connectivity index (χ3n) is 4.69. The summed E-state index contributed by atoms with van der Waals surface area (Å²) < 4.78 is 0. The van der Waals surface area contributed by atoms with Gasteiger partial charge in [0.1, 0.15) is 5.54 Å². The standard InChI is InChI=1S/C18H21N3O/c1-13(15-11-20-16-7-3-2-6-14(15)16)10-17(22)21-18(12-19)8-4-5-9-18/h2-3,6-7,11,13,20H,4-5,8-10H2,1H3,(H,21,22)/t13-/m1/s1. The Balaban J connectivity index is 1.70. The second-order valence-electron chi connectivity index (χ2n) is 6.34. The highest BCUT2D eigenvalue weighted by atomic mass is 16.1. The van der Waals surface area contributed by atoms with Crippen molar-refractivity contribution < 1.29 is 4.79 Å². The van der Waals surface area contributed by atoms with Crippen LogP contribution < -0.4 is 5.32 Å². The van der Waals surface area contributed by atoms with Gasteiger partial charge in [-0.05, 0) is 43.2 Å². The van der Waals surface area contributed by atoms with Crippen molar-refractivity contribution in [2.45, 2.75) is 50.5 Å². The molecule has 114 valence electrons. The van der Waals surface area contributed by atoms with Crippen molar-refractivity contribution in [1.82, 2.24) is 10.3 Å². The number of amides is 1. The van der Waals surface area contributed by atoms with Crippen LogP contribution in [0.4, 0.5) is 0 Å². The monoisotopic (exact) mass is 295 g/mol. The van der Waals surface area contributed by atoms with E-state index in [9.17, 15) is 10.1 Å². The molecule has 0 radical (unpaired) electrons. The number of fused-ring (bicyclic) bond motifs is 1. The van der Waals surface area contributed by atoms with Gasteiger partial charge in [-0.25, -0.2) is 0 Å². The molecule has 0 unspecified atom stereocenters. The van der Waals surface area contributed by atoms with E-state index in [1.807, 2.05) is 24.4 Å². The summed E-state index contributed by atoms with van der Waals surface area (Å²) >= 11 is 0. The highest BCUT2D eigenvalue weighted by molar-refractivity contribution is 5.85. The summed E-state index contributed by atoms with van der Waals surface area (Å²) in [6.07, 6.45) is 5.98. The Morgan fingerprint density at radius 1 is 1.41 bits per heavy atom. The number of benzene rings is 1. The lowest BCUT2D eigenvalue weighted by Crippen LogP contribution is -2.45. The van der Waals surface area contributed by atoms with E-state index >= 15 is 0 Å². The average molecular weight is 295 g/mol. The number of nitrogens with one attached hydrogen (secondary N) is 2. The molecule has 4 heteroatoms. The first-order valence-electron chi connectivity index (χ1n) is 7.92. The number of hydrogen-bond acceptors (Lipinski definition) is 2. The Labute approximate surface area is 130 Å². The van der Waals surface area contributed by atoms with Gasteiger partial charge < -0.3 is 10.3 Å². The summed E-state index contributed by atoms with van der Waals surface area (Å²) in [5.41, 5.74) is 1.62. The molecule has 0 aliphatic heterocycles. The van der Waals surface area contributed by atoms with Gasteiger partial charge in [0, 0.05) is 23.5 Å². The molecule has 1 aromatic heterocycles. The van der Waals surface area contributed by atoms with Crippen LogP contribution in [0.5, 0.6) is 0 Å². The van der Waals surface area contributed by atoms with E-state index in [1.54, 1.807) is 0 Å². The summed E-state index contributed by atoms with van der Waals surface area (Å²) in [6, 6.07) is 10.4. The zero-order valence-electron chi connectivity index (χ0n) is 12.9. The molecule has 0 bridgehead atoms. The second-order valence-corrected chi connectivity index (χ2v) is 6.34. The van der Waals surface area contributed by atoms with Gasteiger partial charge in [0.2, 0.25) is 5.91 Å². The van der Waals surface area contributed by atoms with Crippen molar-refractivity contribution in [1.29, 1.82) is 5.26 Å². The third-order valence-corrected chi connectivity index (χ3v) is 4.69. The molecule has 0 saturated heterocycles. The number of hydrogen-bond donors (Lipinski definition) is 2. The molecule has 1 amide bonds. The molecule has 1 aromatic carbocycles. The Bertz CT molecular complexity index is 719. The first kappa shape index (κ1) is 14.6. The number of aromatic nitrogens is 1. The van der Waals surface area contributed by atoms with Crippen LogP contribution in [0.3, 0.4) is 0 Å². The molecule has 3 rings (SSSR count). The van der Waals surface area contributed by atoms with Gasteiger partial charge in [0.05, 0.1) is 6.07 Å². The van der Waals surface area contributed by atoms with Crippen molar-refractivity contribution in [2.24, 2.45) is 0 Å². The minimum atomic E-state index is -0.628. The highest BCUT2D eigenvalue weighted by Gasteiger charge is 2.35. The Kier molecular flexibility index (Phi) is 3.89. The Hall–Kier alpha value is -2.28. The molecule has 4 nitrogen and oxygen atoms in total. The van der Waals surface area contributed by atoms with Gasteiger partial charge in [-0.1, -0.05) is 25.1 Å². The smallest absolute Gasteiger partial charge is 0.221 e. The molecule has 2 aromatic rings. The minimum Gasteiger partial charge on any atom is -0.361 e. The van der Waals surface area contributed by atoms with Crippen molar-refractivity contribution >= 4 is 16.8 Å². The quantitative estimate of drug-likeness (QED) is 0.904. The van der Waals surface area contributed by atoms with Crippen LogP contribution in [0.1, 0.15) is 50.5 Å². The number of nitriles is 1. The SMILES string of the molecule is C[C@H](CC(=O)NC1(C#N)CCCC1)c1c[nH]c2ccccc12. The van der Waals surface area contributed by atoms with Gasteiger partial charge in [-0.15, -0.1) is 0 Å². The predicted molar refractivity (Wildman–Crippen MR) is 86.3 cm³/mol. The topological polar surface area (TPSA) is 68.7 Å². The summed E-state index contributed by atoms with van der Waals surface area (Å²) in [4.78, 5) is 15.6. The molecule has 1 atom stereocenters. The van der Waals surface area contributed by atoms with Crippen LogP contribution in [-0.2, 0) is 4.79 Å². The molecule has 1 heterocycles. The number of aromatic amines is 1. The summed E-state index contributed by atoms with van der Waals surface area (Å²) in [6.45, 7) is 2.06. The Morgan fingerprint density at radius 2 is 2.14 bits per heavy atom. The lowest BCUT2D eigenvalue weighted by molar-refractivity contribution is -0.122. The fourth-order valence-corrected chi connectivity index (χ4v) is 3.45. The first-order valence-corrected chi connectivity index (χ1v) is 7.92. The zero-order chi connectivity index (χ0) is 15.6. The van der Waals surface area contributed by atoms with Crippen molar-refractivity contribution in [3.8, 4) is 6.07 Å². The van der Waals surface area contributed by atoms with E-state index in [2.05, 4.69) is 29.4 Å². The maximum Gasteiger partial charge on any atom is 0.221 e.